The standard InChI is InChI=1S/C10H12ClNO3/c1-5-6(11)3-8(15-2)10(14)9(5)7(13)4-12/h3,14H,4,12H2,1-2H3. The Hall–Kier alpha value is -1.26. The van der Waals surface area contributed by atoms with Crippen LogP contribution >= 0.6 is 11.6 Å². The number of Topliss-reactive ketones (excluding diaryl/α,β-unsaturated/α-hetero) is 1. The Bertz CT molecular complexity index is 404. The number of hydrogen-bond donors (Lipinski definition) is 2. The fourth-order valence-electron chi connectivity index (χ4n) is 1.31. The van der Waals surface area contributed by atoms with E-state index in [1.807, 2.05) is 0 Å². The summed E-state index contributed by atoms with van der Waals surface area (Å²) in [4.78, 5) is 11.5. The molecule has 1 aromatic rings. The summed E-state index contributed by atoms with van der Waals surface area (Å²) in [5.74, 6) is -0.414. The molecule has 0 aliphatic rings. The van der Waals surface area contributed by atoms with Crippen molar-refractivity contribution in [2.75, 3.05) is 13.7 Å². The van der Waals surface area contributed by atoms with Crippen molar-refractivity contribution in [3.05, 3.63) is 22.2 Å². The molecule has 3 N–H and O–H groups in total. The number of carbonyl (C=O) groups is 1. The third-order valence-electron chi connectivity index (χ3n) is 2.15. The Kier molecular flexibility index (Phi) is 3.55. The highest BCUT2D eigenvalue weighted by Crippen LogP contribution is 2.36. The average Bonchev–Trinajstić information content (AvgIpc) is 2.23. The Morgan fingerprint density at radius 1 is 1.67 bits per heavy atom. The summed E-state index contributed by atoms with van der Waals surface area (Å²) in [6, 6.07) is 1.46. The van der Waals surface area contributed by atoms with E-state index in [-0.39, 0.29) is 29.4 Å². The number of ether oxygens (including phenoxy) is 1. The number of methoxy groups -OCH3 is 1. The maximum absolute atomic E-state index is 11.5. The number of rotatable bonds is 3. The number of nitrogens with two attached hydrogens (primary N) is 1. The summed E-state index contributed by atoms with van der Waals surface area (Å²) in [7, 11) is 1.39. The molecule has 4 nitrogen and oxygen atoms in total. The zero-order chi connectivity index (χ0) is 11.6. The molecule has 1 aromatic carbocycles. The molecular formula is C10H12ClNO3. The second kappa shape index (κ2) is 4.51. The number of benzene rings is 1. The largest absolute Gasteiger partial charge is 0.504 e. The van der Waals surface area contributed by atoms with Gasteiger partial charge in [-0.15, -0.1) is 0 Å². The van der Waals surface area contributed by atoms with E-state index in [4.69, 9.17) is 22.1 Å². The number of halogens is 1. The van der Waals surface area contributed by atoms with Crippen molar-refractivity contribution < 1.29 is 14.6 Å². The Morgan fingerprint density at radius 3 is 2.73 bits per heavy atom. The molecule has 0 aliphatic carbocycles. The monoisotopic (exact) mass is 229 g/mol. The molecule has 0 atom stereocenters. The van der Waals surface area contributed by atoms with Crippen molar-refractivity contribution in [1.29, 1.82) is 0 Å². The number of carbonyl (C=O) groups excluding carboxylic acids is 1. The van der Waals surface area contributed by atoms with Gasteiger partial charge in [-0.05, 0) is 12.5 Å². The number of phenolic OH excluding ortho intramolecular Hbond substituents is 1. The molecular weight excluding hydrogens is 218 g/mol. The highest BCUT2D eigenvalue weighted by Gasteiger charge is 2.19. The maximum Gasteiger partial charge on any atom is 0.180 e. The molecule has 0 amide bonds. The van der Waals surface area contributed by atoms with Gasteiger partial charge in [-0.25, -0.2) is 0 Å². The normalized spacial score (nSPS) is 10.1. The smallest absolute Gasteiger partial charge is 0.180 e. The van der Waals surface area contributed by atoms with Gasteiger partial charge in [0.2, 0.25) is 0 Å². The van der Waals surface area contributed by atoms with Gasteiger partial charge >= 0.3 is 0 Å². The van der Waals surface area contributed by atoms with Crippen LogP contribution in [0.3, 0.4) is 0 Å². The van der Waals surface area contributed by atoms with Gasteiger partial charge in [-0.3, -0.25) is 4.79 Å². The van der Waals surface area contributed by atoms with Gasteiger partial charge in [-0.1, -0.05) is 11.6 Å². The van der Waals surface area contributed by atoms with Crippen molar-refractivity contribution in [2.45, 2.75) is 6.92 Å². The molecule has 0 spiro atoms. The van der Waals surface area contributed by atoms with Gasteiger partial charge < -0.3 is 15.6 Å². The lowest BCUT2D eigenvalue weighted by Crippen LogP contribution is -2.15. The topological polar surface area (TPSA) is 72.5 Å². The van der Waals surface area contributed by atoms with Crippen molar-refractivity contribution in [3.63, 3.8) is 0 Å². The predicted octanol–water partition coefficient (Wildman–Crippen LogP) is 1.50. The fraction of sp³-hybridized carbons (Fsp3) is 0.300. The number of aromatic hydroxyl groups is 1. The van der Waals surface area contributed by atoms with Gasteiger partial charge in [0.25, 0.3) is 0 Å². The van der Waals surface area contributed by atoms with E-state index in [1.54, 1.807) is 6.92 Å². The molecule has 0 aliphatic heterocycles. The molecule has 15 heavy (non-hydrogen) atoms. The first-order valence-electron chi connectivity index (χ1n) is 4.32. The van der Waals surface area contributed by atoms with E-state index in [0.29, 0.717) is 10.6 Å². The van der Waals surface area contributed by atoms with Crippen molar-refractivity contribution in [2.24, 2.45) is 5.73 Å². The first-order valence-corrected chi connectivity index (χ1v) is 4.70. The van der Waals surface area contributed by atoms with Gasteiger partial charge in [0.1, 0.15) is 0 Å². The molecule has 1 rings (SSSR count). The molecule has 0 aromatic heterocycles. The Labute approximate surface area is 92.6 Å². The molecule has 0 bridgehead atoms. The van der Waals surface area contributed by atoms with Gasteiger partial charge in [-0.2, -0.15) is 0 Å². The summed E-state index contributed by atoms with van der Waals surface area (Å²) in [6.07, 6.45) is 0. The van der Waals surface area contributed by atoms with Crippen LogP contribution in [0, 0.1) is 6.92 Å². The van der Waals surface area contributed by atoms with Crippen LogP contribution in [-0.4, -0.2) is 24.5 Å². The SMILES string of the molecule is COc1cc(Cl)c(C)c(C(=O)CN)c1O. The minimum Gasteiger partial charge on any atom is -0.504 e. The number of hydrogen-bond acceptors (Lipinski definition) is 4. The van der Waals surface area contributed by atoms with E-state index in [0.717, 1.165) is 0 Å². The first kappa shape index (κ1) is 11.8. The Morgan fingerprint density at radius 2 is 2.27 bits per heavy atom. The van der Waals surface area contributed by atoms with Crippen LogP contribution in [0.15, 0.2) is 6.07 Å². The lowest BCUT2D eigenvalue weighted by molar-refractivity contribution is 0.0997. The minimum absolute atomic E-state index is 0.127. The van der Waals surface area contributed by atoms with Crippen LogP contribution in [0.4, 0.5) is 0 Å². The second-order valence-corrected chi connectivity index (χ2v) is 3.44. The fourth-order valence-corrected chi connectivity index (χ4v) is 1.50. The lowest BCUT2D eigenvalue weighted by atomic mass is 10.0. The molecule has 0 fully saturated rings. The van der Waals surface area contributed by atoms with Crippen LogP contribution in [-0.2, 0) is 0 Å². The highest BCUT2D eigenvalue weighted by molar-refractivity contribution is 6.32. The zero-order valence-corrected chi connectivity index (χ0v) is 9.26. The number of ketones is 1. The van der Waals surface area contributed by atoms with Gasteiger partial charge in [0, 0.05) is 11.1 Å². The van der Waals surface area contributed by atoms with Crippen LogP contribution < -0.4 is 10.5 Å². The predicted molar refractivity (Wildman–Crippen MR) is 57.8 cm³/mol. The van der Waals surface area contributed by atoms with Crippen molar-refractivity contribution in [1.82, 2.24) is 0 Å². The molecule has 0 saturated carbocycles. The molecule has 5 heteroatoms. The molecule has 0 heterocycles. The summed E-state index contributed by atoms with van der Waals surface area (Å²) in [5.41, 5.74) is 5.87. The van der Waals surface area contributed by atoms with Gasteiger partial charge in [0.05, 0.1) is 19.2 Å². The van der Waals surface area contributed by atoms with Gasteiger partial charge in [0.15, 0.2) is 17.3 Å². The van der Waals surface area contributed by atoms with Crippen LogP contribution in [0.25, 0.3) is 0 Å². The van der Waals surface area contributed by atoms with Crippen LogP contribution in [0.1, 0.15) is 15.9 Å². The third kappa shape index (κ3) is 2.06. The van der Waals surface area contributed by atoms with Crippen molar-refractivity contribution in [3.8, 4) is 11.5 Å². The van der Waals surface area contributed by atoms with E-state index in [1.165, 1.54) is 13.2 Å². The van der Waals surface area contributed by atoms with Crippen LogP contribution in [0.2, 0.25) is 5.02 Å². The van der Waals surface area contributed by atoms with E-state index < -0.39 is 0 Å². The maximum atomic E-state index is 11.5. The molecule has 82 valence electrons. The summed E-state index contributed by atoms with van der Waals surface area (Å²) in [5, 5.41) is 10.1. The van der Waals surface area contributed by atoms with E-state index >= 15 is 0 Å². The lowest BCUT2D eigenvalue weighted by Gasteiger charge is -2.11. The summed E-state index contributed by atoms with van der Waals surface area (Å²) in [6.45, 7) is 1.46. The Balaban J connectivity index is 3.47. The molecule has 0 radical (unpaired) electrons. The quantitative estimate of drug-likeness (QED) is 0.771. The second-order valence-electron chi connectivity index (χ2n) is 3.04. The van der Waals surface area contributed by atoms with E-state index in [2.05, 4.69) is 0 Å². The third-order valence-corrected chi connectivity index (χ3v) is 2.54. The summed E-state index contributed by atoms with van der Waals surface area (Å²) >= 11 is 5.89. The molecule has 0 saturated heterocycles. The number of phenols is 1. The molecule has 0 unspecified atom stereocenters. The van der Waals surface area contributed by atoms with Crippen molar-refractivity contribution >= 4 is 17.4 Å². The highest BCUT2D eigenvalue weighted by atomic mass is 35.5. The first-order chi connectivity index (χ1) is 7.02. The average molecular weight is 230 g/mol. The van der Waals surface area contributed by atoms with E-state index in [9.17, 15) is 9.90 Å². The zero-order valence-electron chi connectivity index (χ0n) is 8.50. The summed E-state index contributed by atoms with van der Waals surface area (Å²) < 4.78 is 4.89. The van der Waals surface area contributed by atoms with Crippen LogP contribution in [0.5, 0.6) is 11.5 Å². The minimum atomic E-state index is -0.370.